The molecule has 110 valence electrons. The van der Waals surface area contributed by atoms with Crippen molar-refractivity contribution in [3.05, 3.63) is 59.4 Å². The van der Waals surface area contributed by atoms with Gasteiger partial charge in [0.25, 0.3) is 0 Å². The number of fused-ring (bicyclic) bond motifs is 2. The Morgan fingerprint density at radius 2 is 2.09 bits per heavy atom. The van der Waals surface area contributed by atoms with Gasteiger partial charge in [-0.05, 0) is 32.9 Å². The summed E-state index contributed by atoms with van der Waals surface area (Å²) in [5.41, 5.74) is 6.62. The highest BCUT2D eigenvalue weighted by Gasteiger charge is 2.19. The molecule has 0 bridgehead atoms. The molecule has 0 saturated heterocycles. The summed E-state index contributed by atoms with van der Waals surface area (Å²) in [5.74, 6) is 1.03. The van der Waals surface area contributed by atoms with Gasteiger partial charge in [-0.3, -0.25) is 9.97 Å². The summed E-state index contributed by atoms with van der Waals surface area (Å²) in [5, 5.41) is 0. The van der Waals surface area contributed by atoms with E-state index in [9.17, 15) is 0 Å². The fourth-order valence-electron chi connectivity index (χ4n) is 3.32. The first-order chi connectivity index (χ1) is 10.6. The molecule has 4 heteroatoms. The van der Waals surface area contributed by atoms with Crippen molar-refractivity contribution < 1.29 is 0 Å². The predicted octanol–water partition coefficient (Wildman–Crippen LogP) is 3.70. The van der Waals surface area contributed by atoms with Gasteiger partial charge >= 0.3 is 0 Å². The molecule has 3 heterocycles. The molecule has 1 aliphatic rings. The van der Waals surface area contributed by atoms with E-state index in [0.717, 1.165) is 34.7 Å². The first-order valence-electron chi connectivity index (χ1n) is 7.64. The lowest BCUT2D eigenvalue weighted by atomic mass is 10.1. The van der Waals surface area contributed by atoms with Crippen molar-refractivity contribution in [2.45, 2.75) is 33.2 Å². The molecule has 0 N–H and O–H groups in total. The van der Waals surface area contributed by atoms with Crippen molar-refractivity contribution in [1.29, 1.82) is 0 Å². The van der Waals surface area contributed by atoms with Crippen molar-refractivity contribution in [2.75, 3.05) is 0 Å². The minimum Gasteiger partial charge on any atom is -0.326 e. The van der Waals surface area contributed by atoms with Gasteiger partial charge in [-0.25, -0.2) is 4.98 Å². The Hall–Kier alpha value is -2.49. The zero-order valence-electron chi connectivity index (χ0n) is 13.0. The highest BCUT2D eigenvalue weighted by Crippen LogP contribution is 2.32. The molecule has 4 rings (SSSR count). The van der Waals surface area contributed by atoms with Gasteiger partial charge in [0, 0.05) is 29.8 Å². The van der Waals surface area contributed by atoms with Crippen LogP contribution in [0.2, 0.25) is 0 Å². The Balaban J connectivity index is 1.89. The number of hydrogen-bond donors (Lipinski definition) is 0. The van der Waals surface area contributed by atoms with E-state index in [-0.39, 0.29) is 0 Å². The third-order valence-electron chi connectivity index (χ3n) is 4.22. The Bertz CT molecular complexity index is 903. The lowest BCUT2D eigenvalue weighted by molar-refractivity contribution is 0.600. The fourth-order valence-corrected chi connectivity index (χ4v) is 3.32. The second-order valence-corrected chi connectivity index (χ2v) is 6.00. The van der Waals surface area contributed by atoms with Gasteiger partial charge in [-0.2, -0.15) is 0 Å². The minimum atomic E-state index is 0.381. The molecule has 1 aliphatic carbocycles. The lowest BCUT2D eigenvalue weighted by Crippen LogP contribution is -2.03. The predicted molar refractivity (Wildman–Crippen MR) is 87.7 cm³/mol. The van der Waals surface area contributed by atoms with Gasteiger partial charge in [-0.1, -0.05) is 12.1 Å². The van der Waals surface area contributed by atoms with E-state index in [1.54, 1.807) is 0 Å². The maximum absolute atomic E-state index is 4.63. The molecule has 3 aromatic heterocycles. The molecule has 0 aliphatic heterocycles. The maximum atomic E-state index is 4.63. The summed E-state index contributed by atoms with van der Waals surface area (Å²) < 4.78 is 2.26. The van der Waals surface area contributed by atoms with E-state index >= 15 is 0 Å². The van der Waals surface area contributed by atoms with Gasteiger partial charge in [0.05, 0.1) is 23.1 Å². The number of pyridine rings is 2. The van der Waals surface area contributed by atoms with Crippen LogP contribution >= 0.6 is 0 Å². The quantitative estimate of drug-likeness (QED) is 0.722. The van der Waals surface area contributed by atoms with Crippen molar-refractivity contribution in [1.82, 2.24) is 19.5 Å². The lowest BCUT2D eigenvalue weighted by Gasteiger charge is -2.11. The summed E-state index contributed by atoms with van der Waals surface area (Å²) in [7, 11) is 0. The average Bonchev–Trinajstić information content (AvgIpc) is 3.06. The molecule has 0 atom stereocenters. The van der Waals surface area contributed by atoms with E-state index in [0.29, 0.717) is 6.04 Å². The van der Waals surface area contributed by atoms with Gasteiger partial charge in [0.1, 0.15) is 11.3 Å². The number of rotatable bonds is 2. The smallest absolute Gasteiger partial charge is 0.107 e. The summed E-state index contributed by atoms with van der Waals surface area (Å²) in [6.07, 6.45) is 6.83. The van der Waals surface area contributed by atoms with E-state index in [4.69, 9.17) is 0 Å². The zero-order chi connectivity index (χ0) is 15.3. The molecule has 0 amide bonds. The largest absolute Gasteiger partial charge is 0.326 e. The number of allylic oxidation sites excluding steroid dienone is 1. The zero-order valence-corrected chi connectivity index (χ0v) is 13.0. The minimum absolute atomic E-state index is 0.381. The highest BCUT2D eigenvalue weighted by atomic mass is 15.1. The SMILES string of the molecule is Cc1nc2cnc(C3=CCc4ncccc43)cc2n1C(C)C. The number of imidazole rings is 1. The van der Waals surface area contributed by atoms with Crippen LogP contribution in [0.15, 0.2) is 36.7 Å². The van der Waals surface area contributed by atoms with Crippen molar-refractivity contribution in [2.24, 2.45) is 0 Å². The Labute approximate surface area is 129 Å². The van der Waals surface area contributed by atoms with Gasteiger partial charge < -0.3 is 4.57 Å². The molecule has 3 aromatic rings. The number of nitrogens with zero attached hydrogens (tertiary/aromatic N) is 4. The Morgan fingerprint density at radius 1 is 1.23 bits per heavy atom. The maximum Gasteiger partial charge on any atom is 0.107 e. The summed E-state index contributed by atoms with van der Waals surface area (Å²) in [6.45, 7) is 6.41. The monoisotopic (exact) mass is 290 g/mol. The van der Waals surface area contributed by atoms with Crippen LogP contribution in [0.25, 0.3) is 16.6 Å². The molecule has 0 fully saturated rings. The van der Waals surface area contributed by atoms with Crippen LogP contribution < -0.4 is 0 Å². The van der Waals surface area contributed by atoms with Crippen LogP contribution in [-0.2, 0) is 6.42 Å². The van der Waals surface area contributed by atoms with E-state index in [1.165, 1.54) is 11.1 Å². The third-order valence-corrected chi connectivity index (χ3v) is 4.22. The summed E-state index contributed by atoms with van der Waals surface area (Å²) in [4.78, 5) is 13.7. The average molecular weight is 290 g/mol. The molecule has 0 radical (unpaired) electrons. The van der Waals surface area contributed by atoms with Crippen LogP contribution in [0, 0.1) is 6.92 Å². The highest BCUT2D eigenvalue weighted by molar-refractivity contribution is 5.86. The summed E-state index contributed by atoms with van der Waals surface area (Å²) >= 11 is 0. The molecule has 0 unspecified atom stereocenters. The molecule has 0 spiro atoms. The third kappa shape index (κ3) is 1.87. The van der Waals surface area contributed by atoms with Crippen molar-refractivity contribution in [3.63, 3.8) is 0 Å². The van der Waals surface area contributed by atoms with E-state index < -0.39 is 0 Å². The number of aryl methyl sites for hydroxylation is 1. The van der Waals surface area contributed by atoms with Crippen LogP contribution in [0.1, 0.15) is 42.7 Å². The molecule has 0 saturated carbocycles. The van der Waals surface area contributed by atoms with Crippen LogP contribution in [-0.4, -0.2) is 19.5 Å². The van der Waals surface area contributed by atoms with Gasteiger partial charge in [0.2, 0.25) is 0 Å². The first-order valence-corrected chi connectivity index (χ1v) is 7.64. The second kappa shape index (κ2) is 4.77. The molecular weight excluding hydrogens is 272 g/mol. The molecule has 0 aromatic carbocycles. The first kappa shape index (κ1) is 13.2. The van der Waals surface area contributed by atoms with Crippen LogP contribution in [0.5, 0.6) is 0 Å². The van der Waals surface area contributed by atoms with E-state index in [1.807, 2.05) is 25.4 Å². The molecular formula is C18H18N4. The number of aromatic nitrogens is 4. The fraction of sp³-hybridized carbons (Fsp3) is 0.278. The van der Waals surface area contributed by atoms with Crippen molar-refractivity contribution in [3.8, 4) is 0 Å². The normalized spacial score (nSPS) is 13.7. The summed E-state index contributed by atoms with van der Waals surface area (Å²) in [6, 6.07) is 6.65. The van der Waals surface area contributed by atoms with E-state index in [2.05, 4.69) is 51.6 Å². The topological polar surface area (TPSA) is 43.6 Å². The second-order valence-electron chi connectivity index (χ2n) is 6.00. The van der Waals surface area contributed by atoms with Crippen LogP contribution in [0.3, 0.4) is 0 Å². The van der Waals surface area contributed by atoms with Crippen molar-refractivity contribution >= 4 is 16.6 Å². The van der Waals surface area contributed by atoms with Crippen LogP contribution in [0.4, 0.5) is 0 Å². The molecule has 22 heavy (non-hydrogen) atoms. The Morgan fingerprint density at radius 3 is 2.91 bits per heavy atom. The Kier molecular flexibility index (Phi) is 2.86. The molecule has 4 nitrogen and oxygen atoms in total. The number of hydrogen-bond acceptors (Lipinski definition) is 3. The van der Waals surface area contributed by atoms with Gasteiger partial charge in [-0.15, -0.1) is 0 Å². The van der Waals surface area contributed by atoms with Gasteiger partial charge in [0.15, 0.2) is 0 Å². The standard InChI is InChI=1S/C18H18N4/c1-11(2)22-12(3)21-17-10-20-16(9-18(17)22)14-6-7-15-13(14)5-4-8-19-15/h4-6,8-11H,7H2,1-3H3.